The predicted octanol–water partition coefficient (Wildman–Crippen LogP) is 0.332. The molecular formula is C12H23NO7S. The first kappa shape index (κ1) is 19.8. The third-order valence-electron chi connectivity index (χ3n) is 2.24. The summed E-state index contributed by atoms with van der Waals surface area (Å²) in [4.78, 5) is 22.6. The molecule has 0 spiro atoms. The highest BCUT2D eigenvalue weighted by atomic mass is 32.2. The van der Waals surface area contributed by atoms with E-state index >= 15 is 0 Å². The van der Waals surface area contributed by atoms with Crippen molar-refractivity contribution >= 4 is 22.1 Å². The van der Waals surface area contributed by atoms with Gasteiger partial charge in [-0.2, -0.15) is 8.42 Å². The topological polar surface area (TPSA) is 119 Å². The van der Waals surface area contributed by atoms with Crippen molar-refractivity contribution in [1.82, 2.24) is 5.32 Å². The molecule has 0 saturated carbocycles. The van der Waals surface area contributed by atoms with Gasteiger partial charge in [-0.3, -0.25) is 14.1 Å². The van der Waals surface area contributed by atoms with Gasteiger partial charge in [0.15, 0.2) is 0 Å². The average molecular weight is 325 g/mol. The fraction of sp³-hybridized carbons (Fsp3) is 0.833. The van der Waals surface area contributed by atoms with Crippen LogP contribution in [-0.2, 0) is 29.2 Å². The van der Waals surface area contributed by atoms with Crippen LogP contribution in [0.3, 0.4) is 0 Å². The summed E-state index contributed by atoms with van der Waals surface area (Å²) in [5.74, 6) is -1.56. The van der Waals surface area contributed by atoms with Gasteiger partial charge in [0.2, 0.25) is 0 Å². The molecule has 0 aromatic carbocycles. The molecule has 0 rings (SSSR count). The maximum atomic E-state index is 11.6. The number of esters is 2. The second kappa shape index (κ2) is 8.30. The molecule has 0 radical (unpaired) electrons. The van der Waals surface area contributed by atoms with Crippen molar-refractivity contribution in [2.45, 2.75) is 40.4 Å². The summed E-state index contributed by atoms with van der Waals surface area (Å²) in [5, 5.41) is 2.68. The highest BCUT2D eigenvalue weighted by Crippen LogP contribution is 2.23. The normalized spacial score (nSPS) is 13.6. The first-order valence-electron chi connectivity index (χ1n) is 6.44. The molecule has 0 fully saturated rings. The van der Waals surface area contributed by atoms with Gasteiger partial charge in [-0.1, -0.05) is 20.8 Å². The van der Waals surface area contributed by atoms with Crippen LogP contribution in [0.1, 0.15) is 34.1 Å². The quantitative estimate of drug-likeness (QED) is 0.284. The highest BCUT2D eigenvalue weighted by Gasteiger charge is 2.31. The second-order valence-electron chi connectivity index (χ2n) is 5.61. The lowest BCUT2D eigenvalue weighted by Gasteiger charge is -2.29. The van der Waals surface area contributed by atoms with Gasteiger partial charge in [0, 0.05) is 12.3 Å². The van der Waals surface area contributed by atoms with Crippen LogP contribution < -0.4 is 5.32 Å². The zero-order chi connectivity index (χ0) is 16.7. The Labute approximate surface area is 124 Å². The van der Waals surface area contributed by atoms with Crippen LogP contribution in [0.4, 0.5) is 0 Å². The Morgan fingerprint density at radius 2 is 1.81 bits per heavy atom. The summed E-state index contributed by atoms with van der Waals surface area (Å²) >= 11 is 0. The van der Waals surface area contributed by atoms with E-state index in [1.54, 1.807) is 20.8 Å². The molecule has 0 aliphatic carbocycles. The van der Waals surface area contributed by atoms with Crippen molar-refractivity contribution in [1.29, 1.82) is 0 Å². The average Bonchev–Trinajstić information content (AvgIpc) is 2.24. The molecule has 8 nitrogen and oxygen atoms in total. The number of nitrogens with one attached hydrogen (secondary N) is 1. The lowest BCUT2D eigenvalue weighted by Crippen LogP contribution is -2.38. The van der Waals surface area contributed by atoms with Crippen molar-refractivity contribution in [3.8, 4) is 0 Å². The van der Waals surface area contributed by atoms with E-state index in [0.717, 1.165) is 0 Å². The minimum absolute atomic E-state index is 0.153. The Kier molecular flexibility index (Phi) is 7.83. The molecule has 0 aliphatic rings. The van der Waals surface area contributed by atoms with E-state index < -0.39 is 33.8 Å². The van der Waals surface area contributed by atoms with E-state index in [-0.39, 0.29) is 25.3 Å². The standard InChI is InChI=1S/C12H23NO7S/c1-9(14)19-11(12(2,3)4)20-10(15)8-13-6-5-7-21(16,17)18/h11,13H,5-8H2,1-4H3,(H,16,17,18). The molecular weight excluding hydrogens is 302 g/mol. The highest BCUT2D eigenvalue weighted by molar-refractivity contribution is 7.85. The van der Waals surface area contributed by atoms with Gasteiger partial charge in [0.05, 0.1) is 12.3 Å². The van der Waals surface area contributed by atoms with Gasteiger partial charge in [0.1, 0.15) is 0 Å². The minimum atomic E-state index is -3.99. The third kappa shape index (κ3) is 11.2. The van der Waals surface area contributed by atoms with Crippen LogP contribution in [0.25, 0.3) is 0 Å². The SMILES string of the molecule is CC(=O)OC(OC(=O)CNCCCS(=O)(=O)O)C(C)(C)C. The maximum absolute atomic E-state index is 11.6. The minimum Gasteiger partial charge on any atom is -0.425 e. The van der Waals surface area contributed by atoms with Gasteiger partial charge in [-0.05, 0) is 13.0 Å². The third-order valence-corrected chi connectivity index (χ3v) is 3.05. The molecule has 1 atom stereocenters. The van der Waals surface area contributed by atoms with Crippen LogP contribution in [-0.4, -0.2) is 50.0 Å². The van der Waals surface area contributed by atoms with Gasteiger partial charge < -0.3 is 14.8 Å². The van der Waals surface area contributed by atoms with Gasteiger partial charge in [-0.25, -0.2) is 0 Å². The summed E-state index contributed by atoms with van der Waals surface area (Å²) in [7, 11) is -3.99. The summed E-state index contributed by atoms with van der Waals surface area (Å²) in [6, 6.07) is 0. The van der Waals surface area contributed by atoms with Crippen molar-refractivity contribution in [3.63, 3.8) is 0 Å². The summed E-state index contributed by atoms with van der Waals surface area (Å²) < 4.78 is 39.5. The van der Waals surface area contributed by atoms with E-state index in [9.17, 15) is 18.0 Å². The molecule has 0 aromatic rings. The summed E-state index contributed by atoms with van der Waals surface area (Å²) in [6.07, 6.45) is -0.833. The number of ether oxygens (including phenoxy) is 2. The van der Waals surface area contributed by atoms with Crippen LogP contribution in [0, 0.1) is 5.41 Å². The van der Waals surface area contributed by atoms with Crippen LogP contribution in [0.2, 0.25) is 0 Å². The molecule has 0 aromatic heterocycles. The molecule has 0 heterocycles. The molecule has 0 aliphatic heterocycles. The van der Waals surface area contributed by atoms with Crippen LogP contribution in [0.5, 0.6) is 0 Å². The fourth-order valence-corrected chi connectivity index (χ4v) is 1.77. The van der Waals surface area contributed by atoms with Gasteiger partial charge in [-0.15, -0.1) is 0 Å². The molecule has 2 N–H and O–H groups in total. The fourth-order valence-electron chi connectivity index (χ4n) is 1.26. The summed E-state index contributed by atoms with van der Waals surface area (Å²) in [6.45, 7) is 6.57. The number of carbonyl (C=O) groups excluding carboxylic acids is 2. The van der Waals surface area contributed by atoms with Crippen molar-refractivity contribution in [2.24, 2.45) is 5.41 Å². The molecule has 0 bridgehead atoms. The van der Waals surface area contributed by atoms with Crippen LogP contribution in [0.15, 0.2) is 0 Å². The second-order valence-corrected chi connectivity index (χ2v) is 7.19. The predicted molar refractivity (Wildman–Crippen MR) is 75.0 cm³/mol. The zero-order valence-electron chi connectivity index (χ0n) is 12.7. The molecule has 0 saturated heterocycles. The first-order chi connectivity index (χ1) is 9.42. The van der Waals surface area contributed by atoms with E-state index in [4.69, 9.17) is 14.0 Å². The Morgan fingerprint density at radius 1 is 1.24 bits per heavy atom. The molecule has 0 amide bonds. The van der Waals surface area contributed by atoms with Crippen LogP contribution >= 0.6 is 0 Å². The van der Waals surface area contributed by atoms with E-state index in [1.807, 2.05) is 0 Å². The Bertz CT molecular complexity index is 453. The molecule has 21 heavy (non-hydrogen) atoms. The van der Waals surface area contributed by atoms with Crippen molar-refractivity contribution in [2.75, 3.05) is 18.8 Å². The summed E-state index contributed by atoms with van der Waals surface area (Å²) in [5.41, 5.74) is -0.563. The zero-order valence-corrected chi connectivity index (χ0v) is 13.5. The van der Waals surface area contributed by atoms with Crippen molar-refractivity contribution < 1.29 is 32.0 Å². The lowest BCUT2D eigenvalue weighted by molar-refractivity contribution is -0.205. The van der Waals surface area contributed by atoms with Crippen molar-refractivity contribution in [3.05, 3.63) is 0 Å². The van der Waals surface area contributed by atoms with Gasteiger partial charge >= 0.3 is 11.9 Å². The van der Waals surface area contributed by atoms with E-state index in [1.165, 1.54) is 6.92 Å². The molecule has 9 heteroatoms. The number of rotatable bonds is 8. The first-order valence-corrected chi connectivity index (χ1v) is 8.05. The number of carbonyl (C=O) groups is 2. The lowest BCUT2D eigenvalue weighted by atomic mass is 9.96. The monoisotopic (exact) mass is 325 g/mol. The maximum Gasteiger partial charge on any atom is 0.323 e. The largest absolute Gasteiger partial charge is 0.425 e. The number of hydrogen-bond acceptors (Lipinski definition) is 7. The Hall–Kier alpha value is -1.19. The molecule has 1 unspecified atom stereocenters. The Morgan fingerprint density at radius 3 is 2.24 bits per heavy atom. The number of hydrogen-bond donors (Lipinski definition) is 2. The van der Waals surface area contributed by atoms with E-state index in [0.29, 0.717) is 0 Å². The molecule has 124 valence electrons. The van der Waals surface area contributed by atoms with E-state index in [2.05, 4.69) is 5.32 Å². The Balaban J connectivity index is 4.13. The van der Waals surface area contributed by atoms with Gasteiger partial charge in [0.25, 0.3) is 16.4 Å². The smallest absolute Gasteiger partial charge is 0.323 e.